The van der Waals surface area contributed by atoms with Crippen molar-refractivity contribution in [3.63, 3.8) is 0 Å². The fourth-order valence-electron chi connectivity index (χ4n) is 1.82. The van der Waals surface area contributed by atoms with Gasteiger partial charge in [0.15, 0.2) is 0 Å². The van der Waals surface area contributed by atoms with Gasteiger partial charge in [0.25, 0.3) is 0 Å². The number of rotatable bonds is 5. The molecule has 0 aromatic rings. The molecular formula is C10H20N2O2S. The molecule has 1 heterocycles. The van der Waals surface area contributed by atoms with Crippen molar-refractivity contribution in [2.24, 2.45) is 0 Å². The SMILES string of the molecule is CSCCN1CCCN(CC(=O)O)CC1. The molecule has 0 atom stereocenters. The van der Waals surface area contributed by atoms with E-state index < -0.39 is 5.97 Å². The lowest BCUT2D eigenvalue weighted by atomic mass is 10.4. The molecule has 0 radical (unpaired) electrons. The lowest BCUT2D eigenvalue weighted by molar-refractivity contribution is -0.138. The van der Waals surface area contributed by atoms with E-state index in [-0.39, 0.29) is 6.54 Å². The van der Waals surface area contributed by atoms with Crippen molar-refractivity contribution in [1.82, 2.24) is 9.80 Å². The van der Waals surface area contributed by atoms with E-state index in [2.05, 4.69) is 11.2 Å². The van der Waals surface area contributed by atoms with Gasteiger partial charge < -0.3 is 10.0 Å². The molecule has 0 spiro atoms. The zero-order chi connectivity index (χ0) is 11.1. The molecule has 0 aliphatic carbocycles. The smallest absolute Gasteiger partial charge is 0.317 e. The zero-order valence-corrected chi connectivity index (χ0v) is 10.1. The van der Waals surface area contributed by atoms with Gasteiger partial charge in [-0.25, -0.2) is 0 Å². The summed E-state index contributed by atoms with van der Waals surface area (Å²) in [6, 6.07) is 0. The van der Waals surface area contributed by atoms with Gasteiger partial charge in [0.05, 0.1) is 6.54 Å². The van der Waals surface area contributed by atoms with Gasteiger partial charge in [0.2, 0.25) is 0 Å². The fraction of sp³-hybridized carbons (Fsp3) is 0.900. The van der Waals surface area contributed by atoms with Crippen LogP contribution >= 0.6 is 11.8 Å². The molecule has 0 unspecified atom stereocenters. The number of nitrogens with zero attached hydrogens (tertiary/aromatic N) is 2. The second-order valence-electron chi connectivity index (χ2n) is 3.86. The summed E-state index contributed by atoms with van der Waals surface area (Å²) in [5.41, 5.74) is 0. The molecule has 1 aliphatic rings. The molecule has 0 aromatic carbocycles. The predicted octanol–water partition coefficient (Wildman–Crippen LogP) is 0.442. The summed E-state index contributed by atoms with van der Waals surface area (Å²) >= 11 is 1.86. The number of carboxylic acids is 1. The van der Waals surface area contributed by atoms with E-state index in [0.29, 0.717) is 0 Å². The molecule has 0 bridgehead atoms. The van der Waals surface area contributed by atoms with E-state index in [4.69, 9.17) is 5.11 Å². The quantitative estimate of drug-likeness (QED) is 0.745. The molecule has 0 aromatic heterocycles. The molecule has 4 nitrogen and oxygen atoms in total. The Morgan fingerprint density at radius 3 is 2.60 bits per heavy atom. The summed E-state index contributed by atoms with van der Waals surface area (Å²) in [5.74, 6) is 0.450. The average Bonchev–Trinajstić information content (AvgIpc) is 2.40. The monoisotopic (exact) mass is 232 g/mol. The van der Waals surface area contributed by atoms with Crippen LogP contribution < -0.4 is 0 Å². The molecular weight excluding hydrogens is 212 g/mol. The second kappa shape index (κ2) is 7.09. The van der Waals surface area contributed by atoms with Crippen LogP contribution in [-0.4, -0.2) is 72.2 Å². The Balaban J connectivity index is 2.25. The van der Waals surface area contributed by atoms with Crippen LogP contribution in [-0.2, 0) is 4.79 Å². The van der Waals surface area contributed by atoms with Crippen molar-refractivity contribution in [2.45, 2.75) is 6.42 Å². The lowest BCUT2D eigenvalue weighted by Gasteiger charge is -2.20. The van der Waals surface area contributed by atoms with Crippen molar-refractivity contribution >= 4 is 17.7 Å². The maximum Gasteiger partial charge on any atom is 0.317 e. The van der Waals surface area contributed by atoms with Crippen LogP contribution in [0.3, 0.4) is 0 Å². The highest BCUT2D eigenvalue weighted by molar-refractivity contribution is 7.98. The number of hydrogen-bond donors (Lipinski definition) is 1. The van der Waals surface area contributed by atoms with Gasteiger partial charge in [0.1, 0.15) is 0 Å². The standard InChI is InChI=1S/C10H20N2O2S/c1-15-8-7-11-3-2-4-12(6-5-11)9-10(13)14/h2-9H2,1H3,(H,13,14). The highest BCUT2D eigenvalue weighted by Crippen LogP contribution is 2.04. The van der Waals surface area contributed by atoms with E-state index in [9.17, 15) is 4.79 Å². The first-order chi connectivity index (χ1) is 7.22. The zero-order valence-electron chi connectivity index (χ0n) is 9.31. The van der Waals surface area contributed by atoms with E-state index in [1.165, 1.54) is 5.75 Å². The predicted molar refractivity (Wildman–Crippen MR) is 63.5 cm³/mol. The first-order valence-electron chi connectivity index (χ1n) is 5.38. The third-order valence-electron chi connectivity index (χ3n) is 2.65. The maximum atomic E-state index is 10.6. The van der Waals surface area contributed by atoms with Gasteiger partial charge in [0, 0.05) is 31.9 Å². The van der Waals surface area contributed by atoms with Crippen molar-refractivity contribution < 1.29 is 9.90 Å². The van der Waals surface area contributed by atoms with Crippen LogP contribution in [0.15, 0.2) is 0 Å². The van der Waals surface area contributed by atoms with Gasteiger partial charge in [-0.2, -0.15) is 11.8 Å². The molecule has 1 aliphatic heterocycles. The number of carbonyl (C=O) groups is 1. The van der Waals surface area contributed by atoms with Gasteiger partial charge in [-0.1, -0.05) is 0 Å². The highest BCUT2D eigenvalue weighted by atomic mass is 32.2. The molecule has 1 rings (SSSR count). The van der Waals surface area contributed by atoms with Crippen LogP contribution in [0.4, 0.5) is 0 Å². The van der Waals surface area contributed by atoms with Crippen molar-refractivity contribution in [3.05, 3.63) is 0 Å². The topological polar surface area (TPSA) is 43.8 Å². The Morgan fingerprint density at radius 1 is 1.27 bits per heavy atom. The largest absolute Gasteiger partial charge is 0.480 e. The molecule has 15 heavy (non-hydrogen) atoms. The Hall–Kier alpha value is -0.260. The summed E-state index contributed by atoms with van der Waals surface area (Å²) in [5, 5.41) is 8.71. The molecule has 88 valence electrons. The minimum absolute atomic E-state index is 0.191. The number of aliphatic carboxylic acids is 1. The van der Waals surface area contributed by atoms with Gasteiger partial charge in [-0.3, -0.25) is 9.69 Å². The molecule has 5 heteroatoms. The Labute approximate surface area is 95.6 Å². The minimum Gasteiger partial charge on any atom is -0.480 e. The van der Waals surface area contributed by atoms with Crippen LogP contribution in [0, 0.1) is 0 Å². The van der Waals surface area contributed by atoms with E-state index in [1.807, 2.05) is 16.7 Å². The van der Waals surface area contributed by atoms with Gasteiger partial charge in [-0.05, 0) is 19.2 Å². The Bertz CT molecular complexity index is 202. The Morgan fingerprint density at radius 2 is 1.93 bits per heavy atom. The maximum absolute atomic E-state index is 10.6. The average molecular weight is 232 g/mol. The lowest BCUT2D eigenvalue weighted by Crippen LogP contribution is -2.34. The summed E-state index contributed by atoms with van der Waals surface area (Å²) in [6.45, 7) is 5.24. The number of carboxylic acid groups (broad SMARTS) is 1. The summed E-state index contributed by atoms with van der Waals surface area (Å²) in [7, 11) is 0. The number of hydrogen-bond acceptors (Lipinski definition) is 4. The van der Waals surface area contributed by atoms with Crippen LogP contribution in [0.2, 0.25) is 0 Å². The fourth-order valence-corrected chi connectivity index (χ4v) is 2.26. The minimum atomic E-state index is -0.715. The molecule has 1 N–H and O–H groups in total. The van der Waals surface area contributed by atoms with E-state index in [1.54, 1.807) is 0 Å². The number of thioether (sulfide) groups is 1. The summed E-state index contributed by atoms with van der Waals surface area (Å²) in [4.78, 5) is 15.0. The summed E-state index contributed by atoms with van der Waals surface area (Å²) in [6.07, 6.45) is 3.20. The highest BCUT2D eigenvalue weighted by Gasteiger charge is 2.15. The van der Waals surface area contributed by atoms with Crippen molar-refractivity contribution in [2.75, 3.05) is 51.3 Å². The molecule has 1 fully saturated rings. The van der Waals surface area contributed by atoms with Crippen LogP contribution in [0.1, 0.15) is 6.42 Å². The van der Waals surface area contributed by atoms with Crippen LogP contribution in [0.5, 0.6) is 0 Å². The molecule has 0 amide bonds. The normalized spacial score (nSPS) is 20.1. The van der Waals surface area contributed by atoms with Crippen molar-refractivity contribution in [1.29, 1.82) is 0 Å². The molecule has 1 saturated heterocycles. The first-order valence-corrected chi connectivity index (χ1v) is 6.77. The van der Waals surface area contributed by atoms with Crippen LogP contribution in [0.25, 0.3) is 0 Å². The van der Waals surface area contributed by atoms with E-state index in [0.717, 1.165) is 39.1 Å². The third kappa shape index (κ3) is 5.39. The first kappa shape index (κ1) is 12.8. The van der Waals surface area contributed by atoms with Gasteiger partial charge >= 0.3 is 5.97 Å². The molecule has 0 saturated carbocycles. The van der Waals surface area contributed by atoms with Crippen molar-refractivity contribution in [3.8, 4) is 0 Å². The second-order valence-corrected chi connectivity index (χ2v) is 4.84. The third-order valence-corrected chi connectivity index (χ3v) is 3.24. The van der Waals surface area contributed by atoms with Gasteiger partial charge in [-0.15, -0.1) is 0 Å². The van der Waals surface area contributed by atoms with E-state index >= 15 is 0 Å². The summed E-state index contributed by atoms with van der Waals surface area (Å²) < 4.78 is 0. The Kier molecular flexibility index (Phi) is 6.05.